The van der Waals surface area contributed by atoms with Crippen molar-refractivity contribution >= 4 is 17.4 Å². The van der Waals surface area contributed by atoms with E-state index in [2.05, 4.69) is 9.97 Å². The summed E-state index contributed by atoms with van der Waals surface area (Å²) in [5, 5.41) is 17.0. The van der Waals surface area contributed by atoms with Crippen molar-refractivity contribution in [1.29, 1.82) is 0 Å². The third-order valence-corrected chi connectivity index (χ3v) is 1.78. The summed E-state index contributed by atoms with van der Waals surface area (Å²) in [7, 11) is 0. The molecule has 17 heavy (non-hydrogen) atoms. The summed E-state index contributed by atoms with van der Waals surface area (Å²) in [5.74, 6) is 0. The lowest BCUT2D eigenvalue weighted by Crippen LogP contribution is -1.84. The Kier molecular flexibility index (Phi) is 9.21. The van der Waals surface area contributed by atoms with Gasteiger partial charge in [-0.2, -0.15) is 0 Å². The Bertz CT molecular complexity index is 345. The minimum atomic E-state index is 0. The number of aliphatic hydroxyl groups is 2. The van der Waals surface area contributed by atoms with Crippen LogP contribution in [0.5, 0.6) is 0 Å². The molecule has 0 aliphatic carbocycles. The Hall–Kier alpha value is -1.25. The van der Waals surface area contributed by atoms with Crippen molar-refractivity contribution in [2.45, 2.75) is 13.2 Å². The fourth-order valence-electron chi connectivity index (χ4n) is 0.983. The standard InChI is InChI=1S/2C6H7NO.Al/c2*8-5-6-3-1-2-4-7-6;/h2*1-4,8H,5H2;. The van der Waals surface area contributed by atoms with Crippen molar-refractivity contribution in [3.05, 3.63) is 60.2 Å². The number of nitrogens with zero attached hydrogens (tertiary/aromatic N) is 2. The van der Waals surface area contributed by atoms with Crippen LogP contribution in [0, 0.1) is 0 Å². The number of aliphatic hydroxyl groups excluding tert-OH is 2. The van der Waals surface area contributed by atoms with Crippen molar-refractivity contribution < 1.29 is 10.2 Å². The van der Waals surface area contributed by atoms with E-state index in [0.717, 1.165) is 0 Å². The van der Waals surface area contributed by atoms with E-state index in [1.54, 1.807) is 24.5 Å². The number of hydrogen-bond donors (Lipinski definition) is 2. The first-order valence-electron chi connectivity index (χ1n) is 4.88. The van der Waals surface area contributed by atoms with Crippen LogP contribution < -0.4 is 0 Å². The Morgan fingerprint density at radius 2 is 1.18 bits per heavy atom. The highest BCUT2D eigenvalue weighted by atomic mass is 27.0. The maximum Gasteiger partial charge on any atom is 0.0852 e. The molecule has 0 aliphatic heterocycles. The third-order valence-electron chi connectivity index (χ3n) is 1.78. The van der Waals surface area contributed by atoms with Gasteiger partial charge in [-0.1, -0.05) is 12.1 Å². The molecule has 4 nitrogen and oxygen atoms in total. The van der Waals surface area contributed by atoms with Crippen LogP contribution in [-0.4, -0.2) is 37.5 Å². The van der Waals surface area contributed by atoms with Crippen LogP contribution in [0.1, 0.15) is 11.4 Å². The summed E-state index contributed by atoms with van der Waals surface area (Å²) in [6.07, 6.45) is 3.32. The van der Waals surface area contributed by atoms with E-state index in [0.29, 0.717) is 11.4 Å². The zero-order valence-corrected chi connectivity index (χ0v) is 10.6. The monoisotopic (exact) mass is 245 g/mol. The topological polar surface area (TPSA) is 66.2 Å². The highest BCUT2D eigenvalue weighted by Crippen LogP contribution is 1.90. The molecule has 2 aromatic heterocycles. The summed E-state index contributed by atoms with van der Waals surface area (Å²) < 4.78 is 0. The van der Waals surface area contributed by atoms with Gasteiger partial charge in [0.25, 0.3) is 0 Å². The summed E-state index contributed by atoms with van der Waals surface area (Å²) in [4.78, 5) is 7.69. The minimum Gasteiger partial charge on any atom is -0.390 e. The molecule has 0 spiro atoms. The van der Waals surface area contributed by atoms with Gasteiger partial charge in [-0.3, -0.25) is 9.97 Å². The first kappa shape index (κ1) is 15.8. The molecule has 2 rings (SSSR count). The maximum absolute atomic E-state index is 8.48. The van der Waals surface area contributed by atoms with Crippen LogP contribution in [-0.2, 0) is 13.2 Å². The molecule has 0 amide bonds. The van der Waals surface area contributed by atoms with Gasteiger partial charge in [0.15, 0.2) is 0 Å². The molecule has 2 heterocycles. The van der Waals surface area contributed by atoms with Gasteiger partial charge in [0, 0.05) is 29.8 Å². The lowest BCUT2D eigenvalue weighted by molar-refractivity contribution is 0.276. The molecule has 0 unspecified atom stereocenters. The Labute approximate surface area is 111 Å². The molecular weight excluding hydrogens is 231 g/mol. The minimum absolute atomic E-state index is 0. The zero-order valence-electron chi connectivity index (χ0n) is 9.40. The van der Waals surface area contributed by atoms with Crippen LogP contribution in [0.3, 0.4) is 0 Å². The van der Waals surface area contributed by atoms with Gasteiger partial charge in [-0.05, 0) is 24.3 Å². The second-order valence-corrected chi connectivity index (χ2v) is 2.96. The fourth-order valence-corrected chi connectivity index (χ4v) is 0.983. The third kappa shape index (κ3) is 6.82. The number of rotatable bonds is 2. The second kappa shape index (κ2) is 9.94. The lowest BCUT2D eigenvalue weighted by Gasteiger charge is -1.88. The second-order valence-electron chi connectivity index (χ2n) is 2.96. The van der Waals surface area contributed by atoms with Crippen molar-refractivity contribution in [1.82, 2.24) is 9.97 Å². The summed E-state index contributed by atoms with van der Waals surface area (Å²) in [6, 6.07) is 10.9. The average Bonchev–Trinajstić information content (AvgIpc) is 2.41. The number of aromatic nitrogens is 2. The summed E-state index contributed by atoms with van der Waals surface area (Å²) in [5.41, 5.74) is 1.43. The maximum atomic E-state index is 8.48. The van der Waals surface area contributed by atoms with Gasteiger partial charge in [-0.25, -0.2) is 0 Å². The van der Waals surface area contributed by atoms with E-state index >= 15 is 0 Å². The molecule has 0 bridgehead atoms. The fraction of sp³-hybridized carbons (Fsp3) is 0.167. The van der Waals surface area contributed by atoms with E-state index < -0.39 is 0 Å². The average molecular weight is 245 g/mol. The van der Waals surface area contributed by atoms with Crippen LogP contribution >= 0.6 is 0 Å². The molecular formula is C12H14AlN2O2. The largest absolute Gasteiger partial charge is 0.390 e. The lowest BCUT2D eigenvalue weighted by atomic mass is 10.4. The van der Waals surface area contributed by atoms with Gasteiger partial charge in [0.1, 0.15) is 0 Å². The molecule has 2 aromatic rings. The molecule has 0 fully saturated rings. The van der Waals surface area contributed by atoms with E-state index in [1.165, 1.54) is 0 Å². The molecule has 0 saturated carbocycles. The van der Waals surface area contributed by atoms with Crippen LogP contribution in [0.25, 0.3) is 0 Å². The molecule has 5 heteroatoms. The SMILES string of the molecule is OCc1ccccn1.OCc1ccccn1.[Al]. The molecule has 0 aromatic carbocycles. The summed E-state index contributed by atoms with van der Waals surface area (Å²) in [6.45, 7) is 0.0572. The quantitative estimate of drug-likeness (QED) is 0.767. The molecule has 0 saturated heterocycles. The van der Waals surface area contributed by atoms with Crippen LogP contribution in [0.4, 0.5) is 0 Å². The van der Waals surface area contributed by atoms with Gasteiger partial charge in [0.05, 0.1) is 24.6 Å². The Balaban J connectivity index is 0.000000284. The first-order chi connectivity index (χ1) is 7.86. The Morgan fingerprint density at radius 1 is 0.765 bits per heavy atom. The number of hydrogen-bond acceptors (Lipinski definition) is 4. The molecule has 0 aliphatic rings. The van der Waals surface area contributed by atoms with Crippen LogP contribution in [0.15, 0.2) is 48.8 Å². The molecule has 0 atom stereocenters. The van der Waals surface area contributed by atoms with E-state index in [1.807, 2.05) is 24.3 Å². The van der Waals surface area contributed by atoms with Crippen molar-refractivity contribution in [3.8, 4) is 0 Å². The van der Waals surface area contributed by atoms with Gasteiger partial charge < -0.3 is 10.2 Å². The molecule has 87 valence electrons. The molecule has 3 radical (unpaired) electrons. The van der Waals surface area contributed by atoms with Gasteiger partial charge >= 0.3 is 0 Å². The zero-order chi connectivity index (χ0) is 11.6. The number of pyridine rings is 2. The van der Waals surface area contributed by atoms with E-state index in [9.17, 15) is 0 Å². The smallest absolute Gasteiger partial charge is 0.0852 e. The Morgan fingerprint density at radius 3 is 1.35 bits per heavy atom. The van der Waals surface area contributed by atoms with Gasteiger partial charge in [-0.15, -0.1) is 0 Å². The highest BCUT2D eigenvalue weighted by molar-refractivity contribution is 5.75. The summed E-state index contributed by atoms with van der Waals surface area (Å²) >= 11 is 0. The predicted molar refractivity (Wildman–Crippen MR) is 66.1 cm³/mol. The van der Waals surface area contributed by atoms with E-state index in [4.69, 9.17) is 10.2 Å². The van der Waals surface area contributed by atoms with Crippen LogP contribution in [0.2, 0.25) is 0 Å². The predicted octanol–water partition coefficient (Wildman–Crippen LogP) is 0.767. The van der Waals surface area contributed by atoms with Crippen molar-refractivity contribution in [2.24, 2.45) is 0 Å². The van der Waals surface area contributed by atoms with Crippen molar-refractivity contribution in [2.75, 3.05) is 0 Å². The van der Waals surface area contributed by atoms with E-state index in [-0.39, 0.29) is 30.6 Å². The molecule has 2 N–H and O–H groups in total. The normalized spacial score (nSPS) is 8.59. The van der Waals surface area contributed by atoms with Crippen molar-refractivity contribution in [3.63, 3.8) is 0 Å². The van der Waals surface area contributed by atoms with Gasteiger partial charge in [0.2, 0.25) is 0 Å². The highest BCUT2D eigenvalue weighted by Gasteiger charge is 1.83. The first-order valence-corrected chi connectivity index (χ1v) is 4.88.